The van der Waals surface area contributed by atoms with Gasteiger partial charge in [0.15, 0.2) is 10.7 Å². The minimum atomic E-state index is -1.18. The van der Waals surface area contributed by atoms with Gasteiger partial charge in [0.2, 0.25) is 5.91 Å². The van der Waals surface area contributed by atoms with Crippen molar-refractivity contribution in [3.8, 4) is 0 Å². The molecule has 1 aliphatic rings. The van der Waals surface area contributed by atoms with Crippen molar-refractivity contribution in [2.75, 3.05) is 19.6 Å². The molecule has 0 spiro atoms. The number of aromatic carboxylic acids is 1. The molecule has 0 bridgehead atoms. The summed E-state index contributed by atoms with van der Waals surface area (Å²) in [5, 5.41) is 12.5. The first kappa shape index (κ1) is 13.5. The van der Waals surface area contributed by atoms with Crippen LogP contribution in [0.2, 0.25) is 0 Å². The van der Waals surface area contributed by atoms with Crippen molar-refractivity contribution in [3.05, 3.63) is 16.1 Å². The Morgan fingerprint density at radius 2 is 2.05 bits per heavy atom. The second-order valence-corrected chi connectivity index (χ2v) is 4.97. The van der Waals surface area contributed by atoms with Crippen molar-refractivity contribution in [2.45, 2.75) is 12.8 Å². The zero-order chi connectivity index (χ0) is 13.8. The molecule has 1 aliphatic heterocycles. The van der Waals surface area contributed by atoms with E-state index in [1.807, 2.05) is 0 Å². The van der Waals surface area contributed by atoms with Gasteiger partial charge in [-0.2, -0.15) is 0 Å². The summed E-state index contributed by atoms with van der Waals surface area (Å²) in [5.74, 6) is -1.82. The SMILES string of the molecule is O=C(O)c1csc(C(=O)NCC(=O)N2CCCC2)n1. The van der Waals surface area contributed by atoms with Gasteiger partial charge >= 0.3 is 5.97 Å². The maximum Gasteiger partial charge on any atom is 0.355 e. The Morgan fingerprint density at radius 1 is 1.37 bits per heavy atom. The average molecular weight is 283 g/mol. The van der Waals surface area contributed by atoms with Gasteiger partial charge in [-0.3, -0.25) is 9.59 Å². The first-order valence-corrected chi connectivity index (χ1v) is 6.70. The molecule has 2 N–H and O–H groups in total. The van der Waals surface area contributed by atoms with Crippen LogP contribution in [0.15, 0.2) is 5.38 Å². The summed E-state index contributed by atoms with van der Waals surface area (Å²) >= 11 is 0.941. The Bertz CT molecular complexity index is 508. The molecular weight excluding hydrogens is 270 g/mol. The summed E-state index contributed by atoms with van der Waals surface area (Å²) in [6.45, 7) is 1.38. The van der Waals surface area contributed by atoms with Crippen molar-refractivity contribution in [2.24, 2.45) is 0 Å². The molecule has 0 unspecified atom stereocenters. The molecule has 1 aromatic heterocycles. The van der Waals surface area contributed by atoms with Crippen LogP contribution < -0.4 is 5.32 Å². The van der Waals surface area contributed by atoms with Crippen molar-refractivity contribution in [1.82, 2.24) is 15.2 Å². The van der Waals surface area contributed by atoms with Crippen molar-refractivity contribution >= 4 is 29.1 Å². The fraction of sp³-hybridized carbons (Fsp3) is 0.455. The molecule has 0 radical (unpaired) electrons. The second kappa shape index (κ2) is 5.79. The van der Waals surface area contributed by atoms with Gasteiger partial charge in [0, 0.05) is 18.5 Å². The fourth-order valence-corrected chi connectivity index (χ4v) is 2.49. The van der Waals surface area contributed by atoms with Crippen LogP contribution in [0.25, 0.3) is 0 Å². The Labute approximate surface area is 113 Å². The van der Waals surface area contributed by atoms with Gasteiger partial charge in [-0.1, -0.05) is 0 Å². The molecule has 0 aliphatic carbocycles. The lowest BCUT2D eigenvalue weighted by Crippen LogP contribution is -2.38. The number of nitrogens with zero attached hydrogens (tertiary/aromatic N) is 2. The summed E-state index contributed by atoms with van der Waals surface area (Å²) < 4.78 is 0. The lowest BCUT2D eigenvalue weighted by molar-refractivity contribution is -0.129. The minimum Gasteiger partial charge on any atom is -0.476 e. The number of thiazole rings is 1. The normalized spacial score (nSPS) is 14.4. The van der Waals surface area contributed by atoms with E-state index >= 15 is 0 Å². The predicted octanol–water partition coefficient (Wildman–Crippen LogP) is 0.194. The van der Waals surface area contributed by atoms with E-state index in [1.54, 1.807) is 4.90 Å². The lowest BCUT2D eigenvalue weighted by atomic mass is 10.4. The van der Waals surface area contributed by atoms with Crippen LogP contribution in [0.4, 0.5) is 0 Å². The zero-order valence-electron chi connectivity index (χ0n) is 10.1. The Hall–Kier alpha value is -1.96. The molecular formula is C11H13N3O4S. The van der Waals surface area contributed by atoms with E-state index in [9.17, 15) is 14.4 Å². The highest BCUT2D eigenvalue weighted by atomic mass is 32.1. The first-order chi connectivity index (χ1) is 9.08. The van der Waals surface area contributed by atoms with E-state index in [-0.39, 0.29) is 23.2 Å². The highest BCUT2D eigenvalue weighted by Crippen LogP contribution is 2.10. The quantitative estimate of drug-likeness (QED) is 0.822. The third kappa shape index (κ3) is 3.28. The molecule has 2 heterocycles. The monoisotopic (exact) mass is 283 g/mol. The standard InChI is InChI=1S/C11H13N3O4S/c15-8(14-3-1-2-4-14)5-12-9(16)10-13-7(6-19-10)11(17)18/h6H,1-5H2,(H,12,16)(H,17,18). The van der Waals surface area contributed by atoms with Crippen LogP contribution in [0.3, 0.4) is 0 Å². The van der Waals surface area contributed by atoms with Gasteiger partial charge in [-0.15, -0.1) is 11.3 Å². The van der Waals surface area contributed by atoms with E-state index in [4.69, 9.17) is 5.11 Å². The number of likely N-dealkylation sites (tertiary alicyclic amines) is 1. The smallest absolute Gasteiger partial charge is 0.355 e. The molecule has 0 saturated carbocycles. The molecule has 102 valence electrons. The van der Waals surface area contributed by atoms with Crippen molar-refractivity contribution in [1.29, 1.82) is 0 Å². The number of carbonyl (C=O) groups is 3. The van der Waals surface area contributed by atoms with Crippen molar-refractivity contribution in [3.63, 3.8) is 0 Å². The van der Waals surface area contributed by atoms with Crippen LogP contribution in [0.1, 0.15) is 33.1 Å². The van der Waals surface area contributed by atoms with Crippen LogP contribution in [-0.4, -0.2) is 52.4 Å². The van der Waals surface area contributed by atoms with E-state index in [1.165, 1.54) is 5.38 Å². The summed E-state index contributed by atoms with van der Waals surface area (Å²) in [6, 6.07) is 0. The Morgan fingerprint density at radius 3 is 2.63 bits per heavy atom. The number of rotatable bonds is 4. The average Bonchev–Trinajstić information content (AvgIpc) is 3.05. The number of aromatic nitrogens is 1. The zero-order valence-corrected chi connectivity index (χ0v) is 10.9. The molecule has 1 fully saturated rings. The third-order valence-corrected chi connectivity index (χ3v) is 3.62. The molecule has 1 aromatic rings. The molecule has 0 atom stereocenters. The van der Waals surface area contributed by atoms with Gasteiger partial charge in [-0.25, -0.2) is 9.78 Å². The van der Waals surface area contributed by atoms with Gasteiger partial charge in [0.1, 0.15) is 0 Å². The molecule has 2 amide bonds. The van der Waals surface area contributed by atoms with E-state index in [2.05, 4.69) is 10.3 Å². The van der Waals surface area contributed by atoms with Gasteiger partial charge in [0.05, 0.1) is 6.54 Å². The van der Waals surface area contributed by atoms with Crippen LogP contribution in [-0.2, 0) is 4.79 Å². The summed E-state index contributed by atoms with van der Waals surface area (Å²) in [6.07, 6.45) is 1.99. The van der Waals surface area contributed by atoms with Crippen LogP contribution in [0, 0.1) is 0 Å². The van der Waals surface area contributed by atoms with Gasteiger partial charge in [0.25, 0.3) is 5.91 Å². The number of amides is 2. The molecule has 7 nitrogen and oxygen atoms in total. The number of carboxylic acids is 1. The number of nitrogens with one attached hydrogen (secondary N) is 1. The lowest BCUT2D eigenvalue weighted by Gasteiger charge is -2.14. The van der Waals surface area contributed by atoms with Crippen molar-refractivity contribution < 1.29 is 19.5 Å². The maximum atomic E-state index is 11.7. The fourth-order valence-electron chi connectivity index (χ4n) is 1.79. The largest absolute Gasteiger partial charge is 0.476 e. The van der Waals surface area contributed by atoms with E-state index in [0.717, 1.165) is 37.3 Å². The second-order valence-electron chi connectivity index (χ2n) is 4.11. The number of carboxylic acid groups (broad SMARTS) is 1. The van der Waals surface area contributed by atoms with Crippen LogP contribution in [0.5, 0.6) is 0 Å². The summed E-state index contributed by atoms with van der Waals surface area (Å²) in [7, 11) is 0. The molecule has 8 heteroatoms. The number of hydrogen-bond acceptors (Lipinski definition) is 5. The summed E-state index contributed by atoms with van der Waals surface area (Å²) in [5.41, 5.74) is -0.166. The van der Waals surface area contributed by atoms with E-state index in [0.29, 0.717) is 0 Å². The Balaban J connectivity index is 1.86. The molecule has 1 saturated heterocycles. The molecule has 2 rings (SSSR count). The van der Waals surface area contributed by atoms with E-state index < -0.39 is 11.9 Å². The number of hydrogen-bond donors (Lipinski definition) is 2. The van der Waals surface area contributed by atoms with Gasteiger partial charge in [-0.05, 0) is 12.8 Å². The Kier molecular flexibility index (Phi) is 4.10. The topological polar surface area (TPSA) is 99.6 Å². The summed E-state index contributed by atoms with van der Waals surface area (Å²) in [4.78, 5) is 39.4. The molecule has 0 aromatic carbocycles. The minimum absolute atomic E-state index is 0.0478. The molecule has 19 heavy (non-hydrogen) atoms. The highest BCUT2D eigenvalue weighted by molar-refractivity contribution is 7.11. The maximum absolute atomic E-state index is 11.7. The predicted molar refractivity (Wildman–Crippen MR) is 67.2 cm³/mol. The van der Waals surface area contributed by atoms with Crippen LogP contribution >= 0.6 is 11.3 Å². The van der Waals surface area contributed by atoms with Gasteiger partial charge < -0.3 is 15.3 Å². The third-order valence-electron chi connectivity index (χ3n) is 2.78. The highest BCUT2D eigenvalue weighted by Gasteiger charge is 2.20. The first-order valence-electron chi connectivity index (χ1n) is 5.82. The number of carbonyl (C=O) groups excluding carboxylic acids is 2.